The third-order valence-electron chi connectivity index (χ3n) is 2.95. The Morgan fingerprint density at radius 3 is 2.65 bits per heavy atom. The van der Waals surface area contributed by atoms with Gasteiger partial charge in [0, 0.05) is 0 Å². The molecule has 5 nitrogen and oxygen atoms in total. The van der Waals surface area contributed by atoms with Crippen LogP contribution in [-0.2, 0) is 20.7 Å². The molecule has 5 heteroatoms. The molecule has 1 saturated heterocycles. The molecule has 2 atom stereocenters. The van der Waals surface area contributed by atoms with E-state index in [4.69, 9.17) is 5.11 Å². The maximum absolute atomic E-state index is 11.5. The molecule has 17 heavy (non-hydrogen) atoms. The van der Waals surface area contributed by atoms with E-state index in [1.165, 1.54) is 0 Å². The van der Waals surface area contributed by atoms with Crippen molar-refractivity contribution >= 4 is 11.9 Å². The number of hydrogen-bond donors (Lipinski definition) is 2. The monoisotopic (exact) mass is 236 g/mol. The standard InChI is InChI=1S/C12H12O5/c13-10-9(6-8-4-2-1-3-5-8)12(16,7-17-10)11(14)15/h1-5,9,16H,6-7H2,(H,14,15)/t9-,12+/m0/s1. The van der Waals surface area contributed by atoms with Gasteiger partial charge >= 0.3 is 11.9 Å². The topological polar surface area (TPSA) is 83.8 Å². The highest BCUT2D eigenvalue weighted by Crippen LogP contribution is 2.30. The van der Waals surface area contributed by atoms with Gasteiger partial charge < -0.3 is 14.9 Å². The quantitative estimate of drug-likeness (QED) is 0.733. The maximum Gasteiger partial charge on any atom is 0.340 e. The number of esters is 1. The Morgan fingerprint density at radius 1 is 1.41 bits per heavy atom. The van der Waals surface area contributed by atoms with Crippen molar-refractivity contribution in [3.05, 3.63) is 35.9 Å². The van der Waals surface area contributed by atoms with E-state index < -0.39 is 30.1 Å². The van der Waals surface area contributed by atoms with Crippen LogP contribution in [0, 0.1) is 5.92 Å². The molecule has 1 aliphatic rings. The molecule has 0 spiro atoms. The van der Waals surface area contributed by atoms with E-state index in [0.717, 1.165) is 5.56 Å². The molecule has 0 aromatic heterocycles. The highest BCUT2D eigenvalue weighted by Gasteiger charge is 2.54. The van der Waals surface area contributed by atoms with Crippen molar-refractivity contribution in [3.63, 3.8) is 0 Å². The summed E-state index contributed by atoms with van der Waals surface area (Å²) in [6, 6.07) is 8.94. The van der Waals surface area contributed by atoms with E-state index in [1.54, 1.807) is 24.3 Å². The number of carboxylic acids is 1. The molecule has 0 aliphatic carbocycles. The normalized spacial score (nSPS) is 27.8. The summed E-state index contributed by atoms with van der Waals surface area (Å²) in [6.45, 7) is -0.487. The number of carboxylic acid groups (broad SMARTS) is 1. The van der Waals surface area contributed by atoms with E-state index in [2.05, 4.69) is 4.74 Å². The van der Waals surface area contributed by atoms with Gasteiger partial charge in [-0.1, -0.05) is 30.3 Å². The van der Waals surface area contributed by atoms with Gasteiger partial charge in [0.15, 0.2) is 0 Å². The first-order valence-electron chi connectivity index (χ1n) is 5.20. The Labute approximate surface area is 97.6 Å². The number of aliphatic carboxylic acids is 1. The van der Waals surface area contributed by atoms with Crippen LogP contribution in [0.25, 0.3) is 0 Å². The van der Waals surface area contributed by atoms with Gasteiger partial charge in [0.25, 0.3) is 0 Å². The predicted molar refractivity (Wildman–Crippen MR) is 57.2 cm³/mol. The van der Waals surface area contributed by atoms with Crippen molar-refractivity contribution in [1.82, 2.24) is 0 Å². The summed E-state index contributed by atoms with van der Waals surface area (Å²) in [6.07, 6.45) is 0.155. The molecular formula is C12H12O5. The molecule has 90 valence electrons. The molecule has 0 unspecified atom stereocenters. The Kier molecular flexibility index (Phi) is 2.85. The second-order valence-corrected chi connectivity index (χ2v) is 4.08. The predicted octanol–water partition coefficient (Wildman–Crippen LogP) is 0.218. The van der Waals surface area contributed by atoms with E-state index in [1.807, 2.05) is 6.07 Å². The van der Waals surface area contributed by atoms with Crippen LogP contribution in [0.1, 0.15) is 5.56 Å². The third-order valence-corrected chi connectivity index (χ3v) is 2.95. The van der Waals surface area contributed by atoms with Crippen LogP contribution >= 0.6 is 0 Å². The van der Waals surface area contributed by atoms with Crippen LogP contribution < -0.4 is 0 Å². The summed E-state index contributed by atoms with van der Waals surface area (Å²) in [5, 5.41) is 18.9. The average molecular weight is 236 g/mol. The first-order chi connectivity index (χ1) is 8.04. The second kappa shape index (κ2) is 4.18. The number of hydrogen-bond acceptors (Lipinski definition) is 4. The zero-order valence-corrected chi connectivity index (χ0v) is 9.00. The number of benzene rings is 1. The fraction of sp³-hybridized carbons (Fsp3) is 0.333. The van der Waals surface area contributed by atoms with Crippen molar-refractivity contribution in [1.29, 1.82) is 0 Å². The smallest absolute Gasteiger partial charge is 0.340 e. The number of aliphatic hydroxyl groups is 1. The summed E-state index contributed by atoms with van der Waals surface area (Å²) in [5.41, 5.74) is -1.33. The van der Waals surface area contributed by atoms with Gasteiger partial charge in [-0.05, 0) is 12.0 Å². The Morgan fingerprint density at radius 2 is 2.06 bits per heavy atom. The van der Waals surface area contributed by atoms with E-state index in [0.29, 0.717) is 0 Å². The fourth-order valence-electron chi connectivity index (χ4n) is 1.89. The molecule has 0 saturated carbocycles. The first kappa shape index (κ1) is 11.6. The van der Waals surface area contributed by atoms with Gasteiger partial charge in [0.2, 0.25) is 5.60 Å². The van der Waals surface area contributed by atoms with Crippen LogP contribution in [0.3, 0.4) is 0 Å². The highest BCUT2D eigenvalue weighted by atomic mass is 16.6. The lowest BCUT2D eigenvalue weighted by molar-refractivity contribution is -0.162. The molecular weight excluding hydrogens is 224 g/mol. The van der Waals surface area contributed by atoms with Crippen molar-refractivity contribution in [2.24, 2.45) is 5.92 Å². The molecule has 0 amide bonds. The second-order valence-electron chi connectivity index (χ2n) is 4.08. The zero-order chi connectivity index (χ0) is 12.5. The molecule has 0 bridgehead atoms. The van der Waals surface area contributed by atoms with E-state index in [-0.39, 0.29) is 6.42 Å². The molecule has 1 fully saturated rings. The maximum atomic E-state index is 11.5. The minimum Gasteiger partial charge on any atom is -0.479 e. The van der Waals surface area contributed by atoms with E-state index >= 15 is 0 Å². The lowest BCUT2D eigenvalue weighted by Crippen LogP contribution is -2.47. The highest BCUT2D eigenvalue weighted by molar-refractivity contribution is 5.89. The van der Waals surface area contributed by atoms with Gasteiger partial charge in [0.05, 0.1) is 0 Å². The summed E-state index contributed by atoms with van der Waals surface area (Å²) >= 11 is 0. The first-order valence-corrected chi connectivity index (χ1v) is 5.20. The SMILES string of the molecule is O=C1OC[C@](O)(C(=O)O)[C@H]1Cc1ccccc1. The molecule has 1 aliphatic heterocycles. The van der Waals surface area contributed by atoms with Gasteiger partial charge in [-0.3, -0.25) is 4.79 Å². The minimum atomic E-state index is -2.12. The van der Waals surface area contributed by atoms with Gasteiger partial charge in [-0.15, -0.1) is 0 Å². The molecule has 2 rings (SSSR count). The lowest BCUT2D eigenvalue weighted by Gasteiger charge is -2.20. The largest absolute Gasteiger partial charge is 0.479 e. The van der Waals surface area contributed by atoms with Gasteiger partial charge in [0.1, 0.15) is 12.5 Å². The van der Waals surface area contributed by atoms with Crippen LogP contribution in [0.15, 0.2) is 30.3 Å². The van der Waals surface area contributed by atoms with Gasteiger partial charge in [-0.2, -0.15) is 0 Å². The Balaban J connectivity index is 2.24. The molecule has 1 aromatic rings. The third kappa shape index (κ3) is 2.01. The number of carbonyl (C=O) groups excluding carboxylic acids is 1. The van der Waals surface area contributed by atoms with Crippen LogP contribution in [0.4, 0.5) is 0 Å². The number of carbonyl (C=O) groups is 2. The van der Waals surface area contributed by atoms with E-state index in [9.17, 15) is 14.7 Å². The number of ether oxygens (including phenoxy) is 1. The molecule has 1 heterocycles. The van der Waals surface area contributed by atoms with Crippen LogP contribution in [0.2, 0.25) is 0 Å². The minimum absolute atomic E-state index is 0.155. The zero-order valence-electron chi connectivity index (χ0n) is 9.00. The van der Waals surface area contributed by atoms with Crippen LogP contribution in [-0.4, -0.2) is 34.4 Å². The van der Waals surface area contributed by atoms with Crippen LogP contribution in [0.5, 0.6) is 0 Å². The lowest BCUT2D eigenvalue weighted by atomic mass is 9.85. The number of cyclic esters (lactones) is 1. The van der Waals surface area contributed by atoms with Gasteiger partial charge in [-0.25, -0.2) is 4.79 Å². The number of rotatable bonds is 3. The summed E-state index contributed by atoms with van der Waals surface area (Å²) in [4.78, 5) is 22.4. The Hall–Kier alpha value is -1.88. The average Bonchev–Trinajstić information content (AvgIpc) is 2.60. The summed E-state index contributed by atoms with van der Waals surface area (Å²) in [7, 11) is 0. The van der Waals surface area contributed by atoms with Crippen molar-refractivity contribution in [2.45, 2.75) is 12.0 Å². The van der Waals surface area contributed by atoms with Crippen molar-refractivity contribution < 1.29 is 24.5 Å². The molecule has 0 radical (unpaired) electrons. The Bertz CT molecular complexity index is 441. The summed E-state index contributed by atoms with van der Waals surface area (Å²) in [5.74, 6) is -3.15. The van der Waals surface area contributed by atoms with Crippen molar-refractivity contribution in [2.75, 3.05) is 6.61 Å². The molecule has 1 aromatic carbocycles. The van der Waals surface area contributed by atoms with Crippen molar-refractivity contribution in [3.8, 4) is 0 Å². The summed E-state index contributed by atoms with van der Waals surface area (Å²) < 4.78 is 4.64. The molecule has 2 N–H and O–H groups in total. The fourth-order valence-corrected chi connectivity index (χ4v) is 1.89.